The number of carbonyl (C=O) groups excluding carboxylic acids is 1. The first-order valence-corrected chi connectivity index (χ1v) is 18.9. The summed E-state index contributed by atoms with van der Waals surface area (Å²) in [6, 6.07) is 26.9. The highest BCUT2D eigenvalue weighted by Crippen LogP contribution is 2.23. The molecular weight excluding hydrogens is 679 g/mol. The number of hydrogen-bond acceptors (Lipinski definition) is 9. The van der Waals surface area contributed by atoms with Gasteiger partial charge in [-0.1, -0.05) is 62.4 Å². The van der Waals surface area contributed by atoms with Crippen molar-refractivity contribution < 1.29 is 39.5 Å². The van der Waals surface area contributed by atoms with E-state index >= 15 is 0 Å². The van der Waals surface area contributed by atoms with Crippen LogP contribution < -0.4 is 14.8 Å². The first kappa shape index (κ1) is 38.1. The summed E-state index contributed by atoms with van der Waals surface area (Å²) >= 11 is 0. The predicted molar refractivity (Wildman–Crippen MR) is 196 cm³/mol. The zero-order valence-electron chi connectivity index (χ0n) is 28.4. The van der Waals surface area contributed by atoms with E-state index in [0.717, 1.165) is 21.9 Å². The molecule has 0 bridgehead atoms. The molecule has 0 heterocycles. The Labute approximate surface area is 294 Å². The van der Waals surface area contributed by atoms with Crippen molar-refractivity contribution >= 4 is 44.0 Å². The number of nitrogens with one attached hydrogen (secondary N) is 1. The van der Waals surface area contributed by atoms with E-state index in [0.29, 0.717) is 45.4 Å². The van der Waals surface area contributed by atoms with Gasteiger partial charge in [0.2, 0.25) is 0 Å². The predicted octanol–water partition coefficient (Wildman–Crippen LogP) is 7.89. The molecule has 4 rings (SSSR count). The third kappa shape index (κ3) is 12.0. The molecule has 0 radical (unpaired) electrons. The molecule has 10 nitrogen and oxygen atoms in total. The topological polar surface area (TPSA) is 134 Å². The summed E-state index contributed by atoms with van der Waals surface area (Å²) in [5, 5.41) is 5.00. The molecule has 0 fully saturated rings. The second-order valence-corrected chi connectivity index (χ2v) is 14.3. The standard InChI is InChI=1S/C38H41NO9S2/c1-5-47-49(41,42)23-21-29-8-17-35(18-9-29)45-26-31-7-12-33(37(25-31)38(40)39-34-15-13-32(14-16-34)28(3)4)27-46-36-19-10-30(11-20-36)22-24-50(43,44)48-6-2/h7-25,28H,5-6,26-27H2,1-4H3,(H,39,40)/b23-21+,24-22+. The molecule has 0 saturated heterocycles. The molecule has 0 atom stereocenters. The summed E-state index contributed by atoms with van der Waals surface area (Å²) in [5.74, 6) is 1.15. The van der Waals surface area contributed by atoms with Crippen LogP contribution in [0.2, 0.25) is 0 Å². The summed E-state index contributed by atoms with van der Waals surface area (Å²) < 4.78 is 68.5. The monoisotopic (exact) mass is 719 g/mol. The quantitative estimate of drug-likeness (QED) is 0.108. The van der Waals surface area contributed by atoms with Crippen LogP contribution in [0.5, 0.6) is 11.5 Å². The van der Waals surface area contributed by atoms with Gasteiger partial charge in [0.1, 0.15) is 24.7 Å². The third-order valence-electron chi connectivity index (χ3n) is 7.23. The molecule has 0 aliphatic heterocycles. The first-order chi connectivity index (χ1) is 23.9. The Morgan fingerprint density at radius 3 is 1.66 bits per heavy atom. The molecular formula is C38H41NO9S2. The smallest absolute Gasteiger partial charge is 0.290 e. The minimum absolute atomic E-state index is 0.0526. The van der Waals surface area contributed by atoms with Crippen LogP contribution in [-0.4, -0.2) is 36.0 Å². The number of carbonyl (C=O) groups is 1. The number of benzene rings is 4. The van der Waals surface area contributed by atoms with Gasteiger partial charge in [0, 0.05) is 16.8 Å². The number of ether oxygens (including phenoxy) is 2. The summed E-state index contributed by atoms with van der Waals surface area (Å²) in [7, 11) is -7.48. The average Bonchev–Trinajstić information content (AvgIpc) is 3.09. The van der Waals surface area contributed by atoms with Crippen LogP contribution in [0, 0.1) is 0 Å². The second-order valence-electron chi connectivity index (χ2n) is 11.3. The molecule has 4 aromatic rings. The maximum Gasteiger partial charge on any atom is 0.290 e. The first-order valence-electron chi connectivity index (χ1n) is 16.0. The Morgan fingerprint density at radius 2 is 1.18 bits per heavy atom. The molecule has 12 heteroatoms. The van der Waals surface area contributed by atoms with Crippen molar-refractivity contribution in [2.75, 3.05) is 18.5 Å². The number of amides is 1. The van der Waals surface area contributed by atoms with Gasteiger partial charge in [0.25, 0.3) is 26.1 Å². The Bertz CT molecular complexity index is 2000. The third-order valence-corrected chi connectivity index (χ3v) is 9.30. The SMILES string of the molecule is CCOS(=O)(=O)/C=C/c1ccc(OCc2ccc(COc3ccc(/C=C/S(=O)(=O)OCC)cc3)c(C(=O)Nc3ccc(C(C)C)cc3)c2)cc1. The van der Waals surface area contributed by atoms with E-state index in [1.165, 1.54) is 12.2 Å². The Morgan fingerprint density at radius 1 is 0.680 bits per heavy atom. The van der Waals surface area contributed by atoms with Gasteiger partial charge in [-0.2, -0.15) is 16.8 Å². The van der Waals surface area contributed by atoms with Gasteiger partial charge in [-0.15, -0.1) is 0 Å². The molecule has 0 aromatic heterocycles. The van der Waals surface area contributed by atoms with Crippen molar-refractivity contribution in [3.05, 3.63) is 135 Å². The van der Waals surface area contributed by atoms with Gasteiger partial charge in [0.15, 0.2) is 0 Å². The highest BCUT2D eigenvalue weighted by molar-refractivity contribution is 7.90. The van der Waals surface area contributed by atoms with Crippen molar-refractivity contribution in [3.8, 4) is 11.5 Å². The van der Waals surface area contributed by atoms with E-state index in [-0.39, 0.29) is 32.3 Å². The van der Waals surface area contributed by atoms with Gasteiger partial charge < -0.3 is 14.8 Å². The largest absolute Gasteiger partial charge is 0.489 e. The Kier molecular flexibility index (Phi) is 13.5. The lowest BCUT2D eigenvalue weighted by atomic mass is 10.0. The maximum absolute atomic E-state index is 13.6. The molecule has 264 valence electrons. The normalized spacial score (nSPS) is 12.1. The van der Waals surface area contributed by atoms with Gasteiger partial charge in [-0.05, 0) is 96.6 Å². The van der Waals surface area contributed by atoms with Gasteiger partial charge in [-0.3, -0.25) is 13.2 Å². The Balaban J connectivity index is 1.49. The highest BCUT2D eigenvalue weighted by atomic mass is 32.2. The molecule has 4 aromatic carbocycles. The minimum atomic E-state index is -3.75. The van der Waals surface area contributed by atoms with Crippen LogP contribution in [0.25, 0.3) is 12.2 Å². The molecule has 0 aliphatic carbocycles. The molecule has 0 unspecified atom stereocenters. The fraction of sp³-hybridized carbons (Fsp3) is 0.237. The van der Waals surface area contributed by atoms with E-state index in [9.17, 15) is 21.6 Å². The Hall–Kier alpha value is -4.75. The summed E-state index contributed by atoms with van der Waals surface area (Å²) in [4.78, 5) is 13.6. The summed E-state index contributed by atoms with van der Waals surface area (Å²) in [5.41, 5.74) is 4.93. The number of anilines is 1. The van der Waals surface area contributed by atoms with Gasteiger partial charge >= 0.3 is 0 Å². The van der Waals surface area contributed by atoms with Gasteiger partial charge in [0.05, 0.1) is 24.0 Å². The van der Waals surface area contributed by atoms with Crippen molar-refractivity contribution in [2.45, 2.75) is 46.8 Å². The zero-order valence-corrected chi connectivity index (χ0v) is 30.0. The lowest BCUT2D eigenvalue weighted by molar-refractivity contribution is 0.102. The molecule has 0 aliphatic rings. The van der Waals surface area contributed by atoms with E-state index in [2.05, 4.69) is 19.2 Å². The molecule has 0 saturated carbocycles. The van der Waals surface area contributed by atoms with E-state index in [4.69, 9.17) is 17.8 Å². The fourth-order valence-corrected chi connectivity index (χ4v) is 6.07. The van der Waals surface area contributed by atoms with Crippen LogP contribution in [0.4, 0.5) is 5.69 Å². The molecule has 1 N–H and O–H groups in total. The zero-order chi connectivity index (χ0) is 36.1. The van der Waals surface area contributed by atoms with Gasteiger partial charge in [-0.25, -0.2) is 0 Å². The van der Waals surface area contributed by atoms with Crippen LogP contribution in [-0.2, 0) is 41.8 Å². The summed E-state index contributed by atoms with van der Waals surface area (Å²) in [6.45, 7) is 7.79. The van der Waals surface area contributed by atoms with Crippen LogP contribution in [0.3, 0.4) is 0 Å². The second kappa shape index (κ2) is 17.8. The summed E-state index contributed by atoms with van der Waals surface area (Å²) in [6.07, 6.45) is 2.88. The number of hydrogen-bond donors (Lipinski definition) is 1. The minimum Gasteiger partial charge on any atom is -0.489 e. The lowest BCUT2D eigenvalue weighted by Gasteiger charge is -2.15. The maximum atomic E-state index is 13.6. The van der Waals surface area contributed by atoms with Crippen molar-refractivity contribution in [1.29, 1.82) is 0 Å². The van der Waals surface area contributed by atoms with Crippen molar-refractivity contribution in [3.63, 3.8) is 0 Å². The van der Waals surface area contributed by atoms with Crippen LogP contribution >= 0.6 is 0 Å². The fourth-order valence-electron chi connectivity index (χ4n) is 4.61. The molecule has 50 heavy (non-hydrogen) atoms. The van der Waals surface area contributed by atoms with Crippen LogP contribution in [0.15, 0.2) is 102 Å². The van der Waals surface area contributed by atoms with Crippen molar-refractivity contribution in [2.24, 2.45) is 0 Å². The molecule has 1 amide bonds. The number of rotatable bonds is 17. The van der Waals surface area contributed by atoms with E-state index < -0.39 is 20.2 Å². The highest BCUT2D eigenvalue weighted by Gasteiger charge is 2.15. The van der Waals surface area contributed by atoms with E-state index in [1.807, 2.05) is 36.4 Å². The lowest BCUT2D eigenvalue weighted by Crippen LogP contribution is -2.16. The average molecular weight is 720 g/mol. The molecule has 0 spiro atoms. The van der Waals surface area contributed by atoms with Crippen LogP contribution in [0.1, 0.15) is 71.8 Å². The van der Waals surface area contributed by atoms with E-state index in [1.54, 1.807) is 68.4 Å². The van der Waals surface area contributed by atoms with Crippen molar-refractivity contribution in [1.82, 2.24) is 0 Å².